The number of hydrogen-bond donors (Lipinski definition) is 3. The lowest BCUT2D eigenvalue weighted by molar-refractivity contribution is -0.119. The maximum Gasteiger partial charge on any atom is 0.229 e. The number of nitrogen functional groups attached to an aromatic ring is 1. The van der Waals surface area contributed by atoms with E-state index in [1.807, 2.05) is 6.07 Å². The number of nitrogens with one attached hydrogen (secondary N) is 2. The smallest absolute Gasteiger partial charge is 0.229 e. The number of hydrogen-bond acceptors (Lipinski definition) is 7. The van der Waals surface area contributed by atoms with Crippen LogP contribution in [0, 0.1) is 11.3 Å². The molecule has 9 heteroatoms. The van der Waals surface area contributed by atoms with Gasteiger partial charge in [0.25, 0.3) is 0 Å². The van der Waals surface area contributed by atoms with E-state index in [1.165, 1.54) is 6.92 Å². The van der Waals surface area contributed by atoms with E-state index >= 15 is 0 Å². The average Bonchev–Trinajstić information content (AvgIpc) is 3.09. The minimum atomic E-state index is -0.0153. The van der Waals surface area contributed by atoms with Crippen molar-refractivity contribution in [3.8, 4) is 6.07 Å². The molecular formula is C20H26ClN7O. The average molecular weight is 416 g/mol. The van der Waals surface area contributed by atoms with Crippen molar-refractivity contribution in [2.24, 2.45) is 0 Å². The molecule has 1 amide bonds. The molecule has 0 bridgehead atoms. The molecule has 1 fully saturated rings. The Labute approximate surface area is 176 Å². The van der Waals surface area contributed by atoms with Crippen LogP contribution in [0.3, 0.4) is 0 Å². The van der Waals surface area contributed by atoms with E-state index in [4.69, 9.17) is 11.0 Å². The highest BCUT2D eigenvalue weighted by atomic mass is 35.5. The van der Waals surface area contributed by atoms with Gasteiger partial charge in [-0.15, -0.1) is 12.4 Å². The maximum absolute atomic E-state index is 11.3. The first-order valence-electron chi connectivity index (χ1n) is 9.44. The van der Waals surface area contributed by atoms with Crippen LogP contribution in [0.2, 0.25) is 0 Å². The zero-order valence-electron chi connectivity index (χ0n) is 16.6. The summed E-state index contributed by atoms with van der Waals surface area (Å²) in [5.41, 5.74) is 8.48. The molecule has 1 aromatic heterocycles. The minimum Gasteiger partial charge on any atom is -0.399 e. The number of rotatable bonds is 6. The Morgan fingerprint density at radius 2 is 2.14 bits per heavy atom. The van der Waals surface area contributed by atoms with E-state index in [9.17, 15) is 4.79 Å². The van der Waals surface area contributed by atoms with E-state index in [-0.39, 0.29) is 24.4 Å². The zero-order valence-corrected chi connectivity index (χ0v) is 17.4. The highest BCUT2D eigenvalue weighted by Gasteiger charge is 2.24. The van der Waals surface area contributed by atoms with Gasteiger partial charge in [-0.05, 0) is 31.0 Å². The predicted octanol–water partition coefficient (Wildman–Crippen LogP) is 2.76. The van der Waals surface area contributed by atoms with E-state index in [1.54, 1.807) is 18.2 Å². The third kappa shape index (κ3) is 5.96. The molecule has 0 spiro atoms. The van der Waals surface area contributed by atoms with Crippen LogP contribution in [0.1, 0.15) is 37.9 Å². The Morgan fingerprint density at radius 1 is 1.34 bits per heavy atom. The first-order chi connectivity index (χ1) is 13.5. The van der Waals surface area contributed by atoms with Gasteiger partial charge < -0.3 is 21.3 Å². The molecular weight excluding hydrogens is 390 g/mol. The van der Waals surface area contributed by atoms with Crippen molar-refractivity contribution in [2.75, 3.05) is 29.0 Å². The first-order valence-corrected chi connectivity index (χ1v) is 9.44. The molecule has 1 aromatic carbocycles. The van der Waals surface area contributed by atoms with Crippen LogP contribution in [0.15, 0.2) is 24.3 Å². The number of carbonyl (C=O) groups is 1. The van der Waals surface area contributed by atoms with E-state index in [2.05, 4.69) is 38.5 Å². The number of nitrogens with zero attached hydrogens (tertiary/aromatic N) is 4. The SMILES string of the molecule is CCCc1cc(N2CC[C@H](NC(C)=O)C2)nc(Nc2cc(N)cc(C#N)c2)n1.Cl. The summed E-state index contributed by atoms with van der Waals surface area (Å²) in [7, 11) is 0. The van der Waals surface area contributed by atoms with Crippen LogP contribution < -0.4 is 21.3 Å². The summed E-state index contributed by atoms with van der Waals surface area (Å²) < 4.78 is 0. The van der Waals surface area contributed by atoms with Crippen LogP contribution in [0.4, 0.5) is 23.1 Å². The second-order valence-corrected chi connectivity index (χ2v) is 7.00. The first kappa shape index (κ1) is 22.2. The number of nitrogens with two attached hydrogens (primary N) is 1. The molecule has 154 valence electrons. The van der Waals surface area contributed by atoms with Crippen LogP contribution in [-0.4, -0.2) is 35.0 Å². The number of aryl methyl sites for hydroxylation is 1. The van der Waals surface area contributed by atoms with Gasteiger partial charge in [0, 0.05) is 49.2 Å². The number of halogens is 1. The summed E-state index contributed by atoms with van der Waals surface area (Å²) in [5.74, 6) is 1.29. The molecule has 0 saturated carbocycles. The van der Waals surface area contributed by atoms with Gasteiger partial charge in [-0.3, -0.25) is 4.79 Å². The van der Waals surface area contributed by atoms with Crippen molar-refractivity contribution in [3.63, 3.8) is 0 Å². The molecule has 2 heterocycles. The van der Waals surface area contributed by atoms with Crippen molar-refractivity contribution < 1.29 is 4.79 Å². The second kappa shape index (κ2) is 9.94. The van der Waals surface area contributed by atoms with Gasteiger partial charge in [0.15, 0.2) is 0 Å². The standard InChI is InChI=1S/C20H25N7O.ClH/c1-3-4-16-10-19(27-6-5-17(12-27)23-13(2)28)26-20(24-16)25-18-8-14(11-21)7-15(22)9-18;/h7-10,17H,3-6,12,22H2,1-2H3,(H,23,28)(H,24,25,26);1H/t17-;/m0./s1. The molecule has 4 N–H and O–H groups in total. The molecule has 3 rings (SSSR count). The maximum atomic E-state index is 11.3. The number of aromatic nitrogens is 2. The van der Waals surface area contributed by atoms with Gasteiger partial charge in [-0.25, -0.2) is 4.98 Å². The number of nitriles is 1. The molecule has 0 unspecified atom stereocenters. The summed E-state index contributed by atoms with van der Waals surface area (Å²) in [6, 6.07) is 9.32. The van der Waals surface area contributed by atoms with Crippen LogP contribution in [-0.2, 0) is 11.2 Å². The van der Waals surface area contributed by atoms with Gasteiger partial charge >= 0.3 is 0 Å². The number of anilines is 4. The summed E-state index contributed by atoms with van der Waals surface area (Å²) in [5, 5.41) is 15.3. The molecule has 2 aromatic rings. The lowest BCUT2D eigenvalue weighted by Gasteiger charge is -2.19. The fourth-order valence-corrected chi connectivity index (χ4v) is 3.38. The van der Waals surface area contributed by atoms with Crippen LogP contribution >= 0.6 is 12.4 Å². The molecule has 1 saturated heterocycles. The highest BCUT2D eigenvalue weighted by molar-refractivity contribution is 5.85. The number of amides is 1. The normalized spacial score (nSPS) is 15.3. The lowest BCUT2D eigenvalue weighted by atomic mass is 10.2. The Morgan fingerprint density at radius 3 is 2.83 bits per heavy atom. The van der Waals surface area contributed by atoms with Crippen molar-refractivity contribution in [1.82, 2.24) is 15.3 Å². The predicted molar refractivity (Wildman–Crippen MR) is 117 cm³/mol. The third-order valence-corrected chi connectivity index (χ3v) is 4.53. The number of carbonyl (C=O) groups excluding carboxylic acids is 1. The van der Waals surface area contributed by atoms with E-state index in [0.29, 0.717) is 22.9 Å². The molecule has 0 radical (unpaired) electrons. The van der Waals surface area contributed by atoms with Crippen LogP contribution in [0.5, 0.6) is 0 Å². The van der Waals surface area contributed by atoms with Gasteiger partial charge in [-0.2, -0.15) is 10.2 Å². The van der Waals surface area contributed by atoms with Gasteiger partial charge in [0.05, 0.1) is 11.6 Å². The summed E-state index contributed by atoms with van der Waals surface area (Å²) in [6.45, 7) is 5.19. The third-order valence-electron chi connectivity index (χ3n) is 4.53. The van der Waals surface area contributed by atoms with Crippen LogP contribution in [0.25, 0.3) is 0 Å². The fraction of sp³-hybridized carbons (Fsp3) is 0.400. The Hall–Kier alpha value is -3.05. The molecule has 1 atom stereocenters. The van der Waals surface area contributed by atoms with Gasteiger partial charge in [0.2, 0.25) is 11.9 Å². The summed E-state index contributed by atoms with van der Waals surface area (Å²) >= 11 is 0. The molecule has 29 heavy (non-hydrogen) atoms. The Kier molecular flexibility index (Phi) is 7.62. The van der Waals surface area contributed by atoms with Gasteiger partial charge in [-0.1, -0.05) is 13.3 Å². The van der Waals surface area contributed by atoms with Crippen molar-refractivity contribution >= 4 is 41.5 Å². The highest BCUT2D eigenvalue weighted by Crippen LogP contribution is 2.24. The summed E-state index contributed by atoms with van der Waals surface area (Å²) in [4.78, 5) is 22.7. The molecule has 0 aliphatic carbocycles. The van der Waals surface area contributed by atoms with Crippen molar-refractivity contribution in [3.05, 3.63) is 35.5 Å². The number of benzene rings is 1. The van der Waals surface area contributed by atoms with E-state index < -0.39 is 0 Å². The largest absolute Gasteiger partial charge is 0.399 e. The topological polar surface area (TPSA) is 120 Å². The zero-order chi connectivity index (χ0) is 20.1. The molecule has 1 aliphatic heterocycles. The quantitative estimate of drug-likeness (QED) is 0.620. The van der Waals surface area contributed by atoms with Crippen molar-refractivity contribution in [2.45, 2.75) is 39.2 Å². The molecule has 8 nitrogen and oxygen atoms in total. The Balaban J connectivity index is 0.00000300. The monoisotopic (exact) mass is 415 g/mol. The minimum absolute atomic E-state index is 0. The van der Waals surface area contributed by atoms with Gasteiger partial charge in [0.1, 0.15) is 5.82 Å². The second-order valence-electron chi connectivity index (χ2n) is 7.00. The Bertz CT molecular complexity index is 912. The molecule has 1 aliphatic rings. The van der Waals surface area contributed by atoms with Crippen molar-refractivity contribution in [1.29, 1.82) is 5.26 Å². The van der Waals surface area contributed by atoms with E-state index in [0.717, 1.165) is 43.9 Å². The summed E-state index contributed by atoms with van der Waals surface area (Å²) in [6.07, 6.45) is 2.70. The fourth-order valence-electron chi connectivity index (χ4n) is 3.38. The lowest BCUT2D eigenvalue weighted by Crippen LogP contribution is -2.35.